The van der Waals surface area contributed by atoms with Crippen LogP contribution in [0.1, 0.15) is 22.8 Å². The van der Waals surface area contributed by atoms with Crippen molar-refractivity contribution in [1.29, 1.82) is 0 Å². The summed E-state index contributed by atoms with van der Waals surface area (Å²) >= 11 is 3.38. The van der Waals surface area contributed by atoms with Crippen LogP contribution in [-0.2, 0) is 0 Å². The van der Waals surface area contributed by atoms with Crippen LogP contribution in [0.25, 0.3) is 0 Å². The minimum Gasteiger partial charge on any atom is -0.491 e. The van der Waals surface area contributed by atoms with E-state index in [0.717, 1.165) is 10.0 Å². The molecule has 0 unspecified atom stereocenters. The highest BCUT2D eigenvalue weighted by molar-refractivity contribution is 9.10. The topological polar surface area (TPSA) is 38.3 Å². The van der Waals surface area contributed by atoms with E-state index in [9.17, 15) is 9.18 Å². The number of rotatable bonds is 4. The summed E-state index contributed by atoms with van der Waals surface area (Å²) in [7, 11) is 0. The van der Waals surface area contributed by atoms with Gasteiger partial charge in [0.25, 0.3) is 5.91 Å². The standard InChI is InChI=1S/C16H15BrFNO2/c1-3-21-15-7-5-12(9-14(15)18)19-16(20)11-4-6-13(17)10(2)8-11/h4-9H,3H2,1-2H3,(H,19,20). The molecule has 0 aliphatic carbocycles. The zero-order valence-electron chi connectivity index (χ0n) is 11.7. The molecule has 5 heteroatoms. The maximum atomic E-state index is 13.7. The number of ether oxygens (including phenoxy) is 1. The van der Waals surface area contributed by atoms with Crippen molar-refractivity contribution in [3.63, 3.8) is 0 Å². The van der Waals surface area contributed by atoms with Gasteiger partial charge in [-0.3, -0.25) is 4.79 Å². The monoisotopic (exact) mass is 351 g/mol. The first-order valence-electron chi connectivity index (χ1n) is 6.51. The molecule has 0 spiro atoms. The van der Waals surface area contributed by atoms with Gasteiger partial charge < -0.3 is 10.1 Å². The molecular formula is C16H15BrFNO2. The molecule has 0 bridgehead atoms. The first kappa shape index (κ1) is 15.5. The van der Waals surface area contributed by atoms with Gasteiger partial charge in [0, 0.05) is 21.8 Å². The maximum Gasteiger partial charge on any atom is 0.255 e. The van der Waals surface area contributed by atoms with Crippen LogP contribution in [-0.4, -0.2) is 12.5 Å². The Morgan fingerprint density at radius 1 is 1.29 bits per heavy atom. The van der Waals surface area contributed by atoms with Crippen molar-refractivity contribution in [3.05, 3.63) is 57.8 Å². The van der Waals surface area contributed by atoms with Gasteiger partial charge in [0.15, 0.2) is 11.6 Å². The summed E-state index contributed by atoms with van der Waals surface area (Å²) in [5.74, 6) is -0.606. The molecular weight excluding hydrogens is 337 g/mol. The third-order valence-corrected chi connectivity index (χ3v) is 3.80. The largest absolute Gasteiger partial charge is 0.491 e. The van der Waals surface area contributed by atoms with E-state index in [1.54, 1.807) is 25.1 Å². The van der Waals surface area contributed by atoms with Crippen LogP contribution < -0.4 is 10.1 Å². The van der Waals surface area contributed by atoms with Crippen LogP contribution in [0.4, 0.5) is 10.1 Å². The van der Waals surface area contributed by atoms with Gasteiger partial charge >= 0.3 is 0 Å². The molecule has 0 radical (unpaired) electrons. The third kappa shape index (κ3) is 3.82. The first-order valence-corrected chi connectivity index (χ1v) is 7.30. The third-order valence-electron chi connectivity index (χ3n) is 2.91. The molecule has 0 saturated heterocycles. The second-order valence-corrected chi connectivity index (χ2v) is 5.35. The van der Waals surface area contributed by atoms with Crippen molar-refractivity contribution in [2.24, 2.45) is 0 Å². The van der Waals surface area contributed by atoms with Crippen LogP contribution in [0.15, 0.2) is 40.9 Å². The maximum absolute atomic E-state index is 13.7. The minimum absolute atomic E-state index is 0.176. The molecule has 0 heterocycles. The second kappa shape index (κ2) is 6.72. The predicted octanol–water partition coefficient (Wildman–Crippen LogP) is 4.55. The highest BCUT2D eigenvalue weighted by Crippen LogP contribution is 2.22. The molecule has 0 aliphatic rings. The fraction of sp³-hybridized carbons (Fsp3) is 0.188. The van der Waals surface area contributed by atoms with Crippen LogP contribution in [0.5, 0.6) is 5.75 Å². The number of anilines is 1. The molecule has 2 aromatic rings. The average Bonchev–Trinajstić information content (AvgIpc) is 2.45. The van der Waals surface area contributed by atoms with Gasteiger partial charge in [-0.05, 0) is 49.7 Å². The Balaban J connectivity index is 2.15. The summed E-state index contributed by atoms with van der Waals surface area (Å²) in [5, 5.41) is 2.67. The summed E-state index contributed by atoms with van der Waals surface area (Å²) in [4.78, 5) is 12.1. The van der Waals surface area contributed by atoms with Gasteiger partial charge in [0.05, 0.1) is 6.61 Å². The van der Waals surface area contributed by atoms with Gasteiger partial charge in [-0.15, -0.1) is 0 Å². The zero-order valence-corrected chi connectivity index (χ0v) is 13.3. The van der Waals surface area contributed by atoms with E-state index in [1.165, 1.54) is 12.1 Å². The van der Waals surface area contributed by atoms with E-state index in [4.69, 9.17) is 4.74 Å². The van der Waals surface area contributed by atoms with E-state index < -0.39 is 5.82 Å². The van der Waals surface area contributed by atoms with Crippen LogP contribution in [0.2, 0.25) is 0 Å². The van der Waals surface area contributed by atoms with Crippen LogP contribution >= 0.6 is 15.9 Å². The molecule has 3 nitrogen and oxygen atoms in total. The van der Waals surface area contributed by atoms with Gasteiger partial charge in [0.1, 0.15) is 0 Å². The van der Waals surface area contributed by atoms with Crippen molar-refractivity contribution in [2.75, 3.05) is 11.9 Å². The van der Waals surface area contributed by atoms with Crippen LogP contribution in [0.3, 0.4) is 0 Å². The molecule has 0 atom stereocenters. The molecule has 2 rings (SSSR count). The molecule has 1 amide bonds. The van der Waals surface area contributed by atoms with Gasteiger partial charge in [-0.1, -0.05) is 15.9 Å². The normalized spacial score (nSPS) is 10.3. The van der Waals surface area contributed by atoms with Crippen LogP contribution in [0, 0.1) is 12.7 Å². The average molecular weight is 352 g/mol. The van der Waals surface area contributed by atoms with Gasteiger partial charge in [0.2, 0.25) is 0 Å². The molecule has 0 fully saturated rings. The number of amides is 1. The fourth-order valence-electron chi connectivity index (χ4n) is 1.84. The molecule has 0 aliphatic heterocycles. The summed E-state index contributed by atoms with van der Waals surface area (Å²) in [6, 6.07) is 9.64. The van der Waals surface area contributed by atoms with Crippen molar-refractivity contribution in [1.82, 2.24) is 0 Å². The number of carbonyl (C=O) groups excluding carboxylic acids is 1. The number of nitrogens with one attached hydrogen (secondary N) is 1. The van der Waals surface area contributed by atoms with Crippen molar-refractivity contribution < 1.29 is 13.9 Å². The lowest BCUT2D eigenvalue weighted by Gasteiger charge is -2.09. The van der Waals surface area contributed by atoms with Crippen molar-refractivity contribution >= 4 is 27.5 Å². The number of carbonyl (C=O) groups is 1. The Labute approximate surface area is 131 Å². The summed E-state index contributed by atoms with van der Waals surface area (Å²) in [6.45, 7) is 4.07. The van der Waals surface area contributed by atoms with Crippen molar-refractivity contribution in [3.8, 4) is 5.75 Å². The molecule has 110 valence electrons. The van der Waals surface area contributed by atoms with E-state index in [0.29, 0.717) is 17.9 Å². The Morgan fingerprint density at radius 3 is 2.67 bits per heavy atom. The van der Waals surface area contributed by atoms with Gasteiger partial charge in [-0.25, -0.2) is 4.39 Å². The number of aryl methyl sites for hydroxylation is 1. The fourth-order valence-corrected chi connectivity index (χ4v) is 2.09. The minimum atomic E-state index is -0.498. The predicted molar refractivity (Wildman–Crippen MR) is 84.4 cm³/mol. The highest BCUT2D eigenvalue weighted by Gasteiger charge is 2.10. The van der Waals surface area contributed by atoms with E-state index in [2.05, 4.69) is 21.2 Å². The molecule has 1 N–H and O–H groups in total. The number of hydrogen-bond acceptors (Lipinski definition) is 2. The molecule has 0 saturated carbocycles. The SMILES string of the molecule is CCOc1ccc(NC(=O)c2ccc(Br)c(C)c2)cc1F. The van der Waals surface area contributed by atoms with E-state index in [1.807, 2.05) is 13.0 Å². The van der Waals surface area contributed by atoms with E-state index >= 15 is 0 Å². The Morgan fingerprint density at radius 2 is 2.05 bits per heavy atom. The first-order chi connectivity index (χ1) is 10.0. The van der Waals surface area contributed by atoms with Gasteiger partial charge in [-0.2, -0.15) is 0 Å². The number of benzene rings is 2. The lowest BCUT2D eigenvalue weighted by atomic mass is 10.1. The summed E-state index contributed by atoms with van der Waals surface area (Å²) in [6.07, 6.45) is 0. The smallest absolute Gasteiger partial charge is 0.255 e. The summed E-state index contributed by atoms with van der Waals surface area (Å²) < 4.78 is 19.8. The number of halogens is 2. The Hall–Kier alpha value is -1.88. The lowest BCUT2D eigenvalue weighted by molar-refractivity contribution is 0.102. The Bertz CT molecular complexity index is 673. The molecule has 21 heavy (non-hydrogen) atoms. The lowest BCUT2D eigenvalue weighted by Crippen LogP contribution is -2.12. The van der Waals surface area contributed by atoms with E-state index in [-0.39, 0.29) is 11.7 Å². The van der Waals surface area contributed by atoms with Crippen molar-refractivity contribution in [2.45, 2.75) is 13.8 Å². The molecule has 0 aromatic heterocycles. The quantitative estimate of drug-likeness (QED) is 0.877. The Kier molecular flexibility index (Phi) is 4.96. The summed E-state index contributed by atoms with van der Waals surface area (Å²) in [5.41, 5.74) is 1.87. The number of hydrogen-bond donors (Lipinski definition) is 1. The highest BCUT2D eigenvalue weighted by atomic mass is 79.9. The second-order valence-electron chi connectivity index (χ2n) is 4.50. The zero-order chi connectivity index (χ0) is 15.4. The molecule has 2 aromatic carbocycles.